The topological polar surface area (TPSA) is 229 Å². The zero-order valence-corrected chi connectivity index (χ0v) is 31.0. The van der Waals surface area contributed by atoms with E-state index in [2.05, 4.69) is 21.3 Å². The number of amides is 5. The number of halogens is 1. The van der Waals surface area contributed by atoms with E-state index in [1.165, 1.54) is 51.5 Å². The largest absolute Gasteiger partial charge is 0.504 e. The summed E-state index contributed by atoms with van der Waals surface area (Å²) in [6, 6.07) is 2.25. The van der Waals surface area contributed by atoms with Crippen LogP contribution in [0.25, 0.3) is 0 Å². The molecule has 2 aliphatic heterocycles. The molecule has 4 rings (SSSR count). The lowest BCUT2D eigenvalue weighted by molar-refractivity contribution is -0.137. The maximum absolute atomic E-state index is 14.0. The van der Waals surface area contributed by atoms with Gasteiger partial charge in [0.15, 0.2) is 11.5 Å². The highest BCUT2D eigenvalue weighted by atomic mass is 35.5. The quantitative estimate of drug-likeness (QED) is 0.230. The average molecular weight is 745 g/mol. The molecular formula is C35H45ClN6O10. The highest BCUT2D eigenvalue weighted by Crippen LogP contribution is 2.43. The average Bonchev–Trinajstić information content (AvgIpc) is 3.06. The Morgan fingerprint density at radius 1 is 1.10 bits per heavy atom. The van der Waals surface area contributed by atoms with Gasteiger partial charge >= 0.3 is 6.09 Å². The molecule has 16 nitrogen and oxygen atoms in total. The van der Waals surface area contributed by atoms with E-state index >= 15 is 0 Å². The zero-order chi connectivity index (χ0) is 39.1. The predicted molar refractivity (Wildman–Crippen MR) is 187 cm³/mol. The third kappa shape index (κ3) is 10.2. The lowest BCUT2D eigenvalue weighted by atomic mass is 9.98. The number of fused-ring (bicyclic) bond motifs is 9. The minimum Gasteiger partial charge on any atom is -0.504 e. The molecule has 4 bridgehead atoms. The summed E-state index contributed by atoms with van der Waals surface area (Å²) in [4.78, 5) is 68.7. The fourth-order valence-corrected chi connectivity index (χ4v) is 5.51. The molecule has 17 heteroatoms. The Labute approximate surface area is 306 Å². The first-order chi connectivity index (χ1) is 24.3. The maximum Gasteiger partial charge on any atom is 0.410 e. The van der Waals surface area contributed by atoms with Gasteiger partial charge in [0.05, 0.1) is 24.6 Å². The molecule has 0 fully saturated rings. The number of benzene rings is 2. The van der Waals surface area contributed by atoms with Crippen LogP contribution in [0.2, 0.25) is 5.02 Å². The second-order valence-corrected chi connectivity index (χ2v) is 13.9. The summed E-state index contributed by atoms with van der Waals surface area (Å²) in [5, 5.41) is 41.8. The molecule has 2 aliphatic rings. The van der Waals surface area contributed by atoms with Crippen molar-refractivity contribution in [1.29, 1.82) is 5.26 Å². The molecule has 0 aliphatic carbocycles. The first-order valence-electron chi connectivity index (χ1n) is 16.3. The van der Waals surface area contributed by atoms with Gasteiger partial charge in [0.2, 0.25) is 29.4 Å². The van der Waals surface area contributed by atoms with E-state index in [-0.39, 0.29) is 45.7 Å². The number of carbonyl (C=O) groups is 5. The van der Waals surface area contributed by atoms with E-state index in [1.807, 2.05) is 19.9 Å². The number of nitriles is 1. The predicted octanol–water partition coefficient (Wildman–Crippen LogP) is 2.96. The van der Waals surface area contributed by atoms with Crippen molar-refractivity contribution in [3.05, 3.63) is 46.5 Å². The Morgan fingerprint density at radius 3 is 2.33 bits per heavy atom. The van der Waals surface area contributed by atoms with Gasteiger partial charge in [0, 0.05) is 14.1 Å². The van der Waals surface area contributed by atoms with Crippen LogP contribution in [0.3, 0.4) is 0 Å². The summed E-state index contributed by atoms with van der Waals surface area (Å²) in [6.07, 6.45) is -3.05. The first-order valence-corrected chi connectivity index (χ1v) is 16.7. The van der Waals surface area contributed by atoms with Crippen LogP contribution in [0.15, 0.2) is 30.3 Å². The van der Waals surface area contributed by atoms with E-state index in [9.17, 15) is 39.4 Å². The number of hydrogen-bond acceptors (Lipinski definition) is 11. The Balaban J connectivity index is 2.18. The van der Waals surface area contributed by atoms with Gasteiger partial charge in [-0.15, -0.1) is 0 Å². The molecule has 0 saturated carbocycles. The summed E-state index contributed by atoms with van der Waals surface area (Å²) in [6.45, 7) is 8.65. The minimum atomic E-state index is -1.81. The molecule has 0 radical (unpaired) electrons. The number of aromatic hydroxyl groups is 1. The Morgan fingerprint density at radius 2 is 1.77 bits per heavy atom. The number of phenolic OH excluding ortho intramolecular Hbond substituents is 1. The van der Waals surface area contributed by atoms with Crippen LogP contribution in [0.5, 0.6) is 23.0 Å². The number of ether oxygens (including phenoxy) is 3. The molecule has 5 amide bonds. The molecule has 0 unspecified atom stereocenters. The summed E-state index contributed by atoms with van der Waals surface area (Å²) in [5.74, 6) is -4.40. The van der Waals surface area contributed by atoms with Gasteiger partial charge in [-0.3, -0.25) is 24.1 Å². The normalized spacial score (nSPS) is 19.7. The lowest BCUT2D eigenvalue weighted by Gasteiger charge is -2.33. The highest BCUT2D eigenvalue weighted by Gasteiger charge is 2.38. The molecule has 2 aromatic carbocycles. The van der Waals surface area contributed by atoms with Crippen LogP contribution < -0.4 is 30.7 Å². The van der Waals surface area contributed by atoms with Crippen LogP contribution >= 0.6 is 11.6 Å². The van der Waals surface area contributed by atoms with E-state index in [0.29, 0.717) is 0 Å². The van der Waals surface area contributed by atoms with Crippen LogP contribution in [0.1, 0.15) is 70.7 Å². The Kier molecular flexibility index (Phi) is 13.7. The maximum atomic E-state index is 14.0. The molecule has 0 aromatic heterocycles. The minimum absolute atomic E-state index is 0.00944. The fourth-order valence-electron chi connectivity index (χ4n) is 5.29. The van der Waals surface area contributed by atoms with Crippen LogP contribution in [-0.2, 0) is 23.9 Å². The Hall–Kier alpha value is -5.27. The highest BCUT2D eigenvalue weighted by molar-refractivity contribution is 6.32. The van der Waals surface area contributed by atoms with E-state index in [4.69, 9.17) is 25.8 Å². The van der Waals surface area contributed by atoms with Crippen molar-refractivity contribution in [2.24, 2.45) is 5.92 Å². The van der Waals surface area contributed by atoms with Gasteiger partial charge in [-0.1, -0.05) is 31.5 Å². The number of methoxy groups -OCH3 is 1. The van der Waals surface area contributed by atoms with Crippen molar-refractivity contribution in [3.8, 4) is 29.1 Å². The number of nitrogens with one attached hydrogen (secondary N) is 4. The summed E-state index contributed by atoms with van der Waals surface area (Å²) < 4.78 is 16.7. The second kappa shape index (κ2) is 17.3. The van der Waals surface area contributed by atoms with Gasteiger partial charge in [-0.2, -0.15) is 5.26 Å². The van der Waals surface area contributed by atoms with Crippen LogP contribution in [0.4, 0.5) is 4.79 Å². The molecule has 2 heterocycles. The van der Waals surface area contributed by atoms with Gasteiger partial charge < -0.3 is 45.7 Å². The molecule has 6 N–H and O–H groups in total. The van der Waals surface area contributed by atoms with Crippen molar-refractivity contribution in [2.45, 2.75) is 83.3 Å². The molecule has 0 saturated heterocycles. The summed E-state index contributed by atoms with van der Waals surface area (Å²) >= 11 is 6.57. The first kappa shape index (κ1) is 41.2. The third-order valence-electron chi connectivity index (χ3n) is 7.88. The SMILES string of the molecule is CNC(=O)[C@@H]1NC(=O)[C@@H](CC#N)NC(=O)[C@@H](NC(=O)[C@@H](CC(C)C)N(C)C(=O)OC(C)(C)C)[C@@H](O)c2ccc(c(Cl)c2)Oc2cc1cc(O)c2OC. The zero-order valence-electron chi connectivity index (χ0n) is 30.2. The van der Waals surface area contributed by atoms with Crippen LogP contribution in [0, 0.1) is 17.2 Å². The Bertz CT molecular complexity index is 1720. The lowest BCUT2D eigenvalue weighted by Crippen LogP contribution is -2.59. The summed E-state index contributed by atoms with van der Waals surface area (Å²) in [5.41, 5.74) is -0.803. The molecular weight excluding hydrogens is 700 g/mol. The van der Waals surface area contributed by atoms with Crippen molar-refractivity contribution in [2.75, 3.05) is 21.2 Å². The smallest absolute Gasteiger partial charge is 0.410 e. The van der Waals surface area contributed by atoms with Crippen molar-refractivity contribution >= 4 is 41.3 Å². The van der Waals surface area contributed by atoms with Gasteiger partial charge in [-0.25, -0.2) is 4.79 Å². The van der Waals surface area contributed by atoms with Crippen molar-refractivity contribution in [3.63, 3.8) is 0 Å². The fraction of sp³-hybridized carbons (Fsp3) is 0.486. The number of nitrogens with zero attached hydrogens (tertiary/aromatic N) is 2. The third-order valence-corrected chi connectivity index (χ3v) is 8.17. The standard InChI is InChI=1S/C35H45ClN6O10/c1-17(2)13-22(42(7)34(49)52-35(3,4)5)31(46)41-27-28(44)18-9-10-24(20(36)14-18)51-25-16-19(15-23(43)29(25)50-8)26(32(47)38-6)40-30(45)21(11-12-37)39-33(27)48/h9-10,14-17,21-22,26-28,43-44H,11,13H2,1-8H3,(H,38,47)(H,39,48)(H,40,45)(H,41,46)/t21-,22-,26-,27+,28+/m1/s1. The molecule has 2 aromatic rings. The van der Waals surface area contributed by atoms with E-state index in [1.54, 1.807) is 20.8 Å². The molecule has 0 spiro atoms. The number of phenols is 1. The number of hydrogen-bond donors (Lipinski definition) is 6. The van der Waals surface area contributed by atoms with Gasteiger partial charge in [0.1, 0.15) is 41.6 Å². The second-order valence-electron chi connectivity index (χ2n) is 13.5. The summed E-state index contributed by atoms with van der Waals surface area (Å²) in [7, 11) is 3.95. The number of carbonyl (C=O) groups excluding carboxylic acids is 5. The molecule has 5 atom stereocenters. The van der Waals surface area contributed by atoms with E-state index < -0.39 is 77.8 Å². The number of rotatable bonds is 8. The van der Waals surface area contributed by atoms with E-state index in [0.717, 1.165) is 4.90 Å². The van der Waals surface area contributed by atoms with Crippen molar-refractivity contribution in [1.82, 2.24) is 26.2 Å². The molecule has 282 valence electrons. The number of aliphatic hydroxyl groups is 1. The van der Waals surface area contributed by atoms with Crippen molar-refractivity contribution < 1.29 is 48.4 Å². The van der Waals surface area contributed by atoms with Gasteiger partial charge in [-0.05, 0) is 68.5 Å². The van der Waals surface area contributed by atoms with Gasteiger partial charge in [0.25, 0.3) is 0 Å². The number of likely N-dealkylation sites (N-methyl/N-ethyl adjacent to an activating group) is 2. The monoisotopic (exact) mass is 744 g/mol. The van der Waals surface area contributed by atoms with Crippen LogP contribution in [-0.4, -0.2) is 89.8 Å². The molecule has 52 heavy (non-hydrogen) atoms. The number of aliphatic hydroxyl groups excluding tert-OH is 1.